The van der Waals surface area contributed by atoms with Crippen LogP contribution in [0.1, 0.15) is 39.0 Å². The van der Waals surface area contributed by atoms with Crippen molar-refractivity contribution in [2.45, 2.75) is 57.2 Å². The van der Waals surface area contributed by atoms with Crippen LogP contribution in [0.3, 0.4) is 0 Å². The Bertz CT molecular complexity index is 904. The molecule has 4 N–H and O–H groups in total. The first-order valence-electron chi connectivity index (χ1n) is 11.3. The standard InChI is InChI=1S/C22H32FN7O2/c1-3-17(18-7-4-10-25-18)26-21-27-20(24)28-22(29-21)30(15-6-5-11-32-13-15)14-8-9-19(31-2)16(23)12-14/h8-9,12,15,17-18,25H,3-7,10-11,13H2,1-2H3,(H3,24,26,27,28,29). The number of anilines is 4. The predicted molar refractivity (Wildman–Crippen MR) is 122 cm³/mol. The van der Waals surface area contributed by atoms with Gasteiger partial charge in [0.15, 0.2) is 11.6 Å². The van der Waals surface area contributed by atoms with E-state index < -0.39 is 5.82 Å². The molecule has 9 nitrogen and oxygen atoms in total. The fraction of sp³-hybridized carbons (Fsp3) is 0.591. The van der Waals surface area contributed by atoms with Crippen LogP contribution in [-0.4, -0.2) is 59.9 Å². The minimum absolute atomic E-state index is 0.0512. The highest BCUT2D eigenvalue weighted by atomic mass is 19.1. The average molecular weight is 446 g/mol. The van der Waals surface area contributed by atoms with Gasteiger partial charge in [-0.05, 0) is 50.8 Å². The molecule has 2 fully saturated rings. The first-order chi connectivity index (χ1) is 15.6. The fourth-order valence-electron chi connectivity index (χ4n) is 4.48. The molecular weight excluding hydrogens is 413 g/mol. The minimum Gasteiger partial charge on any atom is -0.494 e. The first kappa shape index (κ1) is 22.5. The summed E-state index contributed by atoms with van der Waals surface area (Å²) in [6.07, 6.45) is 4.95. The molecule has 174 valence electrons. The van der Waals surface area contributed by atoms with Gasteiger partial charge in [-0.1, -0.05) is 6.92 Å². The van der Waals surface area contributed by atoms with Crippen molar-refractivity contribution < 1.29 is 13.9 Å². The second kappa shape index (κ2) is 10.3. The summed E-state index contributed by atoms with van der Waals surface area (Å²) in [6.45, 7) is 4.35. The van der Waals surface area contributed by atoms with Gasteiger partial charge in [-0.3, -0.25) is 0 Å². The molecule has 32 heavy (non-hydrogen) atoms. The van der Waals surface area contributed by atoms with Crippen molar-refractivity contribution in [2.75, 3.05) is 42.8 Å². The highest BCUT2D eigenvalue weighted by Crippen LogP contribution is 2.32. The minimum atomic E-state index is -0.453. The molecule has 0 saturated carbocycles. The van der Waals surface area contributed by atoms with Crippen molar-refractivity contribution in [3.8, 4) is 5.75 Å². The van der Waals surface area contributed by atoms with Gasteiger partial charge in [0.2, 0.25) is 17.8 Å². The lowest BCUT2D eigenvalue weighted by molar-refractivity contribution is 0.0818. The van der Waals surface area contributed by atoms with Crippen LogP contribution in [0.25, 0.3) is 0 Å². The van der Waals surface area contributed by atoms with Crippen LogP contribution in [0.2, 0.25) is 0 Å². The molecule has 2 aromatic rings. The Labute approximate surface area is 187 Å². The molecule has 1 aromatic heterocycles. The summed E-state index contributed by atoms with van der Waals surface area (Å²) in [7, 11) is 1.44. The van der Waals surface area contributed by atoms with E-state index in [9.17, 15) is 4.39 Å². The number of benzene rings is 1. The zero-order chi connectivity index (χ0) is 22.5. The van der Waals surface area contributed by atoms with E-state index >= 15 is 0 Å². The number of nitrogens with zero attached hydrogens (tertiary/aromatic N) is 4. The number of rotatable bonds is 8. The lowest BCUT2D eigenvalue weighted by atomic mass is 10.0. The Morgan fingerprint density at radius 2 is 2.19 bits per heavy atom. The van der Waals surface area contributed by atoms with Gasteiger partial charge in [-0.15, -0.1) is 0 Å². The fourth-order valence-corrected chi connectivity index (χ4v) is 4.48. The number of ether oxygens (including phenoxy) is 2. The highest BCUT2D eigenvalue weighted by molar-refractivity contribution is 5.61. The Balaban J connectivity index is 1.68. The van der Waals surface area contributed by atoms with Gasteiger partial charge in [0.25, 0.3) is 0 Å². The van der Waals surface area contributed by atoms with Crippen LogP contribution in [0.4, 0.5) is 27.9 Å². The molecule has 3 atom stereocenters. The molecule has 3 unspecified atom stereocenters. The van der Waals surface area contributed by atoms with Crippen molar-refractivity contribution in [1.29, 1.82) is 0 Å². The van der Waals surface area contributed by atoms with E-state index in [4.69, 9.17) is 20.2 Å². The predicted octanol–water partition coefficient (Wildman–Crippen LogP) is 2.86. The quantitative estimate of drug-likeness (QED) is 0.565. The molecule has 0 aliphatic carbocycles. The van der Waals surface area contributed by atoms with Gasteiger partial charge >= 0.3 is 0 Å². The lowest BCUT2D eigenvalue weighted by Gasteiger charge is -2.34. The van der Waals surface area contributed by atoms with Gasteiger partial charge < -0.3 is 30.7 Å². The lowest BCUT2D eigenvalue weighted by Crippen LogP contribution is -2.41. The van der Waals surface area contributed by atoms with Gasteiger partial charge in [0, 0.05) is 30.4 Å². The van der Waals surface area contributed by atoms with Crippen molar-refractivity contribution >= 4 is 23.5 Å². The number of nitrogens with one attached hydrogen (secondary N) is 2. The Hall–Kier alpha value is -2.72. The maximum atomic E-state index is 14.6. The summed E-state index contributed by atoms with van der Waals surface area (Å²) in [4.78, 5) is 15.3. The molecule has 2 aliphatic rings. The van der Waals surface area contributed by atoms with Crippen LogP contribution in [0.15, 0.2) is 18.2 Å². The Morgan fingerprint density at radius 3 is 2.84 bits per heavy atom. The van der Waals surface area contributed by atoms with Gasteiger partial charge in [0.1, 0.15) is 0 Å². The van der Waals surface area contributed by atoms with E-state index in [1.54, 1.807) is 12.1 Å². The molecule has 3 heterocycles. The second-order valence-electron chi connectivity index (χ2n) is 8.24. The van der Waals surface area contributed by atoms with Crippen LogP contribution in [0, 0.1) is 5.82 Å². The number of nitrogens with two attached hydrogens (primary N) is 1. The second-order valence-corrected chi connectivity index (χ2v) is 8.24. The zero-order valence-electron chi connectivity index (χ0n) is 18.7. The molecule has 10 heteroatoms. The Morgan fingerprint density at radius 1 is 1.31 bits per heavy atom. The summed E-state index contributed by atoms with van der Waals surface area (Å²) in [5, 5.41) is 6.96. The molecular formula is C22H32FN7O2. The summed E-state index contributed by atoms with van der Waals surface area (Å²) in [6, 6.07) is 5.31. The van der Waals surface area contributed by atoms with E-state index in [2.05, 4.69) is 27.5 Å². The maximum absolute atomic E-state index is 14.6. The molecule has 0 radical (unpaired) electrons. The smallest absolute Gasteiger partial charge is 0.236 e. The van der Waals surface area contributed by atoms with Gasteiger partial charge in [-0.2, -0.15) is 15.0 Å². The van der Waals surface area contributed by atoms with Crippen LogP contribution < -0.4 is 26.0 Å². The summed E-state index contributed by atoms with van der Waals surface area (Å²) in [5.74, 6) is 0.631. The summed E-state index contributed by atoms with van der Waals surface area (Å²) >= 11 is 0. The SMILES string of the molecule is CCC(Nc1nc(N)nc(N(c2ccc(OC)c(F)c2)C2CCCOC2)n1)C1CCCN1. The highest BCUT2D eigenvalue weighted by Gasteiger charge is 2.28. The van der Waals surface area contributed by atoms with Crippen LogP contribution >= 0.6 is 0 Å². The van der Waals surface area contributed by atoms with Crippen molar-refractivity contribution in [3.05, 3.63) is 24.0 Å². The third-order valence-electron chi connectivity index (χ3n) is 6.11. The Kier molecular flexibility index (Phi) is 7.21. The third-order valence-corrected chi connectivity index (χ3v) is 6.11. The van der Waals surface area contributed by atoms with Crippen LogP contribution in [0.5, 0.6) is 5.75 Å². The van der Waals surface area contributed by atoms with Gasteiger partial charge in [0.05, 0.1) is 19.8 Å². The number of halogens is 1. The number of hydrogen-bond acceptors (Lipinski definition) is 9. The summed E-state index contributed by atoms with van der Waals surface area (Å²) in [5.41, 5.74) is 6.69. The van der Waals surface area contributed by atoms with Crippen molar-refractivity contribution in [2.24, 2.45) is 0 Å². The molecule has 2 aliphatic heterocycles. The molecule has 0 spiro atoms. The van der Waals surface area contributed by atoms with E-state index in [0.717, 1.165) is 38.6 Å². The van der Waals surface area contributed by atoms with E-state index in [0.29, 0.717) is 36.8 Å². The number of nitrogen functional groups attached to an aromatic ring is 1. The topological polar surface area (TPSA) is 110 Å². The summed E-state index contributed by atoms with van der Waals surface area (Å²) < 4.78 is 25.3. The third kappa shape index (κ3) is 5.02. The van der Waals surface area contributed by atoms with Crippen molar-refractivity contribution in [3.63, 3.8) is 0 Å². The number of hydrogen-bond donors (Lipinski definition) is 3. The zero-order valence-corrected chi connectivity index (χ0v) is 18.7. The molecule has 1 aromatic carbocycles. The van der Waals surface area contributed by atoms with Gasteiger partial charge in [-0.25, -0.2) is 4.39 Å². The normalized spacial score (nSPS) is 21.8. The average Bonchev–Trinajstić information content (AvgIpc) is 3.33. The van der Waals surface area contributed by atoms with E-state index in [1.165, 1.54) is 13.2 Å². The van der Waals surface area contributed by atoms with Crippen LogP contribution in [-0.2, 0) is 4.74 Å². The first-order valence-corrected chi connectivity index (χ1v) is 11.3. The molecule has 0 bridgehead atoms. The molecule has 4 rings (SSSR count). The molecule has 2 saturated heterocycles. The largest absolute Gasteiger partial charge is 0.494 e. The molecule has 0 amide bonds. The van der Waals surface area contributed by atoms with E-state index in [-0.39, 0.29) is 23.8 Å². The number of methoxy groups -OCH3 is 1. The van der Waals surface area contributed by atoms with Crippen molar-refractivity contribution in [1.82, 2.24) is 20.3 Å². The maximum Gasteiger partial charge on any atom is 0.236 e. The monoisotopic (exact) mass is 445 g/mol. The van der Waals surface area contributed by atoms with E-state index in [1.807, 2.05) is 4.90 Å². The number of aromatic nitrogens is 3.